The molecule has 1 unspecified atom stereocenters. The summed E-state index contributed by atoms with van der Waals surface area (Å²) in [5.74, 6) is 1.13. The molecule has 1 fully saturated rings. The maximum Gasteiger partial charge on any atom is 0.260 e. The molecule has 1 aliphatic rings. The summed E-state index contributed by atoms with van der Waals surface area (Å²) in [6, 6.07) is 15.5. The number of rotatable bonds is 6. The van der Waals surface area contributed by atoms with Crippen molar-refractivity contribution in [3.05, 3.63) is 54.1 Å². The molecular formula is C21H26N2O4. The Labute approximate surface area is 160 Å². The van der Waals surface area contributed by atoms with E-state index in [2.05, 4.69) is 29.2 Å². The SMILES string of the molecule is COc1ccccc1OCC(=O)N1CCOC(c2ccc(N(C)C)cc2)C1. The molecule has 0 spiro atoms. The summed E-state index contributed by atoms with van der Waals surface area (Å²) in [7, 11) is 5.60. The van der Waals surface area contributed by atoms with Crippen LogP contribution in [-0.4, -0.2) is 58.3 Å². The van der Waals surface area contributed by atoms with Crippen LogP contribution in [0.4, 0.5) is 5.69 Å². The maximum absolute atomic E-state index is 12.6. The molecule has 144 valence electrons. The molecule has 1 heterocycles. The van der Waals surface area contributed by atoms with E-state index >= 15 is 0 Å². The third-order valence-corrected chi connectivity index (χ3v) is 4.62. The van der Waals surface area contributed by atoms with Crippen molar-refractivity contribution < 1.29 is 19.0 Å². The Morgan fingerprint density at radius 1 is 1.15 bits per heavy atom. The van der Waals surface area contributed by atoms with E-state index in [0.717, 1.165) is 11.3 Å². The van der Waals surface area contributed by atoms with Gasteiger partial charge in [-0.2, -0.15) is 0 Å². The molecule has 0 aliphatic carbocycles. The zero-order valence-corrected chi connectivity index (χ0v) is 16.1. The second-order valence-electron chi connectivity index (χ2n) is 6.62. The molecule has 2 aromatic carbocycles. The quantitative estimate of drug-likeness (QED) is 0.783. The average Bonchev–Trinajstić information content (AvgIpc) is 2.72. The number of carbonyl (C=O) groups is 1. The predicted octanol–water partition coefficient (Wildman–Crippen LogP) is 2.74. The summed E-state index contributed by atoms with van der Waals surface area (Å²) in [5, 5.41) is 0. The maximum atomic E-state index is 12.6. The number of morpholine rings is 1. The first-order chi connectivity index (χ1) is 13.1. The second kappa shape index (κ2) is 8.77. The average molecular weight is 370 g/mol. The fraction of sp³-hybridized carbons (Fsp3) is 0.381. The Kier molecular flexibility index (Phi) is 6.19. The number of para-hydroxylation sites is 2. The largest absolute Gasteiger partial charge is 0.493 e. The lowest BCUT2D eigenvalue weighted by molar-refractivity contribution is -0.141. The summed E-state index contributed by atoms with van der Waals surface area (Å²) in [6.07, 6.45) is -0.120. The monoisotopic (exact) mass is 370 g/mol. The molecular weight excluding hydrogens is 344 g/mol. The van der Waals surface area contributed by atoms with Crippen LogP contribution >= 0.6 is 0 Å². The van der Waals surface area contributed by atoms with Gasteiger partial charge in [0.1, 0.15) is 6.10 Å². The number of methoxy groups -OCH3 is 1. The van der Waals surface area contributed by atoms with E-state index in [0.29, 0.717) is 31.2 Å². The number of ether oxygens (including phenoxy) is 3. The van der Waals surface area contributed by atoms with Gasteiger partial charge in [-0.15, -0.1) is 0 Å². The van der Waals surface area contributed by atoms with Crippen molar-refractivity contribution in [2.45, 2.75) is 6.10 Å². The smallest absolute Gasteiger partial charge is 0.260 e. The highest BCUT2D eigenvalue weighted by Crippen LogP contribution is 2.27. The fourth-order valence-electron chi connectivity index (χ4n) is 3.03. The number of benzene rings is 2. The molecule has 6 heteroatoms. The van der Waals surface area contributed by atoms with Gasteiger partial charge in [-0.05, 0) is 29.8 Å². The predicted molar refractivity (Wildman–Crippen MR) is 105 cm³/mol. The van der Waals surface area contributed by atoms with E-state index in [1.165, 1.54) is 0 Å². The van der Waals surface area contributed by atoms with Crippen molar-refractivity contribution in [3.8, 4) is 11.5 Å². The first-order valence-electron chi connectivity index (χ1n) is 9.01. The van der Waals surface area contributed by atoms with Crippen molar-refractivity contribution in [2.75, 3.05) is 52.4 Å². The Morgan fingerprint density at radius 2 is 1.85 bits per heavy atom. The summed E-state index contributed by atoms with van der Waals surface area (Å²) in [4.78, 5) is 16.4. The zero-order chi connectivity index (χ0) is 19.2. The third kappa shape index (κ3) is 4.71. The molecule has 0 radical (unpaired) electrons. The minimum Gasteiger partial charge on any atom is -0.493 e. The summed E-state index contributed by atoms with van der Waals surface area (Å²) >= 11 is 0. The van der Waals surface area contributed by atoms with Gasteiger partial charge in [0.05, 0.1) is 20.3 Å². The zero-order valence-electron chi connectivity index (χ0n) is 16.1. The van der Waals surface area contributed by atoms with Crippen LogP contribution in [0, 0.1) is 0 Å². The highest BCUT2D eigenvalue weighted by atomic mass is 16.5. The fourth-order valence-corrected chi connectivity index (χ4v) is 3.03. The van der Waals surface area contributed by atoms with Crippen LogP contribution in [0.25, 0.3) is 0 Å². The van der Waals surface area contributed by atoms with Gasteiger partial charge in [0.2, 0.25) is 0 Å². The van der Waals surface area contributed by atoms with E-state index in [1.54, 1.807) is 18.1 Å². The minimum absolute atomic E-state index is 0.0212. The third-order valence-electron chi connectivity index (χ3n) is 4.62. The van der Waals surface area contributed by atoms with Crippen molar-refractivity contribution in [3.63, 3.8) is 0 Å². The van der Waals surface area contributed by atoms with E-state index in [-0.39, 0.29) is 18.6 Å². The highest BCUT2D eigenvalue weighted by Gasteiger charge is 2.25. The molecule has 2 aromatic rings. The molecule has 0 bridgehead atoms. The topological polar surface area (TPSA) is 51.2 Å². The van der Waals surface area contributed by atoms with Crippen molar-refractivity contribution in [1.29, 1.82) is 0 Å². The van der Waals surface area contributed by atoms with E-state index in [4.69, 9.17) is 14.2 Å². The van der Waals surface area contributed by atoms with Crippen molar-refractivity contribution in [2.24, 2.45) is 0 Å². The molecule has 27 heavy (non-hydrogen) atoms. The summed E-state index contributed by atoms with van der Waals surface area (Å²) in [5.41, 5.74) is 2.21. The molecule has 0 saturated carbocycles. The molecule has 1 aliphatic heterocycles. The van der Waals surface area contributed by atoms with Crippen LogP contribution in [-0.2, 0) is 9.53 Å². The Balaban J connectivity index is 1.59. The van der Waals surface area contributed by atoms with Crippen LogP contribution in [0.5, 0.6) is 11.5 Å². The number of nitrogens with zero attached hydrogens (tertiary/aromatic N) is 2. The minimum atomic E-state index is -0.120. The van der Waals surface area contributed by atoms with Gasteiger partial charge in [0, 0.05) is 26.3 Å². The van der Waals surface area contributed by atoms with Crippen LogP contribution < -0.4 is 14.4 Å². The molecule has 1 atom stereocenters. The van der Waals surface area contributed by atoms with Gasteiger partial charge in [0.15, 0.2) is 18.1 Å². The number of hydrogen-bond donors (Lipinski definition) is 0. The lowest BCUT2D eigenvalue weighted by atomic mass is 10.1. The van der Waals surface area contributed by atoms with Crippen LogP contribution in [0.1, 0.15) is 11.7 Å². The number of carbonyl (C=O) groups excluding carboxylic acids is 1. The Bertz CT molecular complexity index is 761. The van der Waals surface area contributed by atoms with Gasteiger partial charge in [0.25, 0.3) is 5.91 Å². The van der Waals surface area contributed by atoms with E-state index < -0.39 is 0 Å². The first kappa shape index (κ1) is 19.0. The Hall–Kier alpha value is -2.73. The van der Waals surface area contributed by atoms with Crippen molar-refractivity contribution in [1.82, 2.24) is 4.90 Å². The van der Waals surface area contributed by atoms with Crippen LogP contribution in [0.2, 0.25) is 0 Å². The molecule has 3 rings (SSSR count). The van der Waals surface area contributed by atoms with Gasteiger partial charge in [-0.25, -0.2) is 0 Å². The van der Waals surface area contributed by atoms with Gasteiger partial charge >= 0.3 is 0 Å². The number of anilines is 1. The standard InChI is InChI=1S/C21H26N2O4/c1-22(2)17-10-8-16(9-11-17)20-14-23(12-13-26-20)21(24)15-27-19-7-5-4-6-18(19)25-3/h4-11,20H,12-15H2,1-3H3. The van der Waals surface area contributed by atoms with E-state index in [9.17, 15) is 4.79 Å². The lowest BCUT2D eigenvalue weighted by Gasteiger charge is -2.33. The number of hydrogen-bond acceptors (Lipinski definition) is 5. The summed E-state index contributed by atoms with van der Waals surface area (Å²) < 4.78 is 16.8. The molecule has 0 N–H and O–H groups in total. The molecule has 1 saturated heterocycles. The van der Waals surface area contributed by atoms with Gasteiger partial charge < -0.3 is 24.0 Å². The van der Waals surface area contributed by atoms with Gasteiger partial charge in [-0.1, -0.05) is 24.3 Å². The van der Waals surface area contributed by atoms with Crippen molar-refractivity contribution >= 4 is 11.6 Å². The van der Waals surface area contributed by atoms with Crippen LogP contribution in [0.15, 0.2) is 48.5 Å². The Morgan fingerprint density at radius 3 is 2.52 bits per heavy atom. The lowest BCUT2D eigenvalue weighted by Crippen LogP contribution is -2.44. The molecule has 6 nitrogen and oxygen atoms in total. The van der Waals surface area contributed by atoms with Gasteiger partial charge in [-0.3, -0.25) is 4.79 Å². The molecule has 0 aromatic heterocycles. The second-order valence-corrected chi connectivity index (χ2v) is 6.62. The van der Waals surface area contributed by atoms with Crippen LogP contribution in [0.3, 0.4) is 0 Å². The normalized spacial score (nSPS) is 16.7. The molecule has 1 amide bonds. The number of amides is 1. The van der Waals surface area contributed by atoms with E-state index in [1.807, 2.05) is 32.3 Å². The first-order valence-corrected chi connectivity index (χ1v) is 9.01. The summed E-state index contributed by atoms with van der Waals surface area (Å²) in [6.45, 7) is 1.59. The highest BCUT2D eigenvalue weighted by molar-refractivity contribution is 5.78.